The Morgan fingerprint density at radius 3 is 2.76 bits per heavy atom. The van der Waals surface area contributed by atoms with Crippen LogP contribution in [0.3, 0.4) is 0 Å². The van der Waals surface area contributed by atoms with Crippen LogP contribution in [0.1, 0.15) is 26.3 Å². The molecule has 0 radical (unpaired) electrons. The zero-order chi connectivity index (χ0) is 23.8. The van der Waals surface area contributed by atoms with Gasteiger partial charge in [0.05, 0.1) is 30.4 Å². The first kappa shape index (κ1) is 23.2. The number of aromatic nitrogens is 2. The van der Waals surface area contributed by atoms with Crippen LogP contribution in [0.5, 0.6) is 5.88 Å². The number of hydrogen-bond donors (Lipinski definition) is 0. The summed E-state index contributed by atoms with van der Waals surface area (Å²) in [6, 6.07) is 3.35. The fourth-order valence-corrected chi connectivity index (χ4v) is 4.34. The second kappa shape index (κ2) is 9.09. The van der Waals surface area contributed by atoms with Crippen LogP contribution < -0.4 is 4.74 Å². The number of pyridine rings is 2. The second-order valence-electron chi connectivity index (χ2n) is 9.46. The molecule has 2 saturated heterocycles. The molecule has 0 spiro atoms. The molecule has 2 aromatic heterocycles. The first-order chi connectivity index (χ1) is 15.6. The van der Waals surface area contributed by atoms with Gasteiger partial charge in [-0.1, -0.05) is 0 Å². The lowest BCUT2D eigenvalue weighted by atomic mass is 10.1. The summed E-state index contributed by atoms with van der Waals surface area (Å²) in [5.41, 5.74) is 0.987. The van der Waals surface area contributed by atoms with Gasteiger partial charge in [0.1, 0.15) is 18.0 Å². The van der Waals surface area contributed by atoms with E-state index in [4.69, 9.17) is 9.47 Å². The van der Waals surface area contributed by atoms with Crippen molar-refractivity contribution in [3.8, 4) is 5.88 Å². The van der Waals surface area contributed by atoms with Gasteiger partial charge >= 0.3 is 6.09 Å². The zero-order valence-corrected chi connectivity index (χ0v) is 19.5. The summed E-state index contributed by atoms with van der Waals surface area (Å²) in [4.78, 5) is 39.2. The van der Waals surface area contributed by atoms with Crippen molar-refractivity contribution in [3.63, 3.8) is 0 Å². The molecule has 4 rings (SSSR count). The molecule has 1 unspecified atom stereocenters. The van der Waals surface area contributed by atoms with Crippen molar-refractivity contribution in [2.75, 3.05) is 46.4 Å². The summed E-state index contributed by atoms with van der Waals surface area (Å²) in [5.74, 6) is -0.0576. The number of rotatable bonds is 4. The Morgan fingerprint density at radius 1 is 1.24 bits per heavy atom. The lowest BCUT2D eigenvalue weighted by Gasteiger charge is -2.47. The van der Waals surface area contributed by atoms with Crippen LogP contribution in [0.25, 0.3) is 11.0 Å². The number of carbonyl (C=O) groups is 2. The molecule has 10 heteroatoms. The SMILES string of the molecule is COc1ccc2ncc(F)c(CCN3CCN4C(=O)CN(C(=O)OC(C)(C)C)CC4C3)c2n1. The number of hydrogen-bond acceptors (Lipinski definition) is 7. The Hall–Kier alpha value is -3.01. The standard InChI is InChI=1S/C23H30FN5O4/c1-23(2,3)33-22(31)28-13-15-12-27(9-10-29(15)20(30)14-28)8-7-16-17(24)11-25-18-5-6-19(32-4)26-21(16)18/h5-6,11,15H,7-10,12-14H2,1-4H3. The van der Waals surface area contributed by atoms with Crippen LogP contribution in [0.4, 0.5) is 9.18 Å². The predicted octanol–water partition coefficient (Wildman–Crippen LogP) is 2.08. The molecule has 2 fully saturated rings. The van der Waals surface area contributed by atoms with Gasteiger partial charge in [0, 0.05) is 44.4 Å². The molecule has 178 valence electrons. The number of halogens is 1. The first-order valence-corrected chi connectivity index (χ1v) is 11.1. The van der Waals surface area contributed by atoms with Gasteiger partial charge in [0.15, 0.2) is 0 Å². The second-order valence-corrected chi connectivity index (χ2v) is 9.46. The molecular formula is C23H30FN5O4. The third-order valence-corrected chi connectivity index (χ3v) is 5.92. The van der Waals surface area contributed by atoms with Crippen LogP contribution in [-0.2, 0) is 16.0 Å². The van der Waals surface area contributed by atoms with Crippen LogP contribution in [0.15, 0.2) is 18.3 Å². The predicted molar refractivity (Wildman–Crippen MR) is 120 cm³/mol. The van der Waals surface area contributed by atoms with Gasteiger partial charge < -0.3 is 14.4 Å². The van der Waals surface area contributed by atoms with Gasteiger partial charge in [0.2, 0.25) is 11.8 Å². The Bertz CT molecular complexity index is 1060. The summed E-state index contributed by atoms with van der Waals surface area (Å²) in [6.07, 6.45) is 1.20. The molecular weight excluding hydrogens is 429 g/mol. The average Bonchev–Trinajstić information content (AvgIpc) is 2.76. The quantitative estimate of drug-likeness (QED) is 0.692. The molecule has 2 aliphatic rings. The maximum Gasteiger partial charge on any atom is 0.410 e. The largest absolute Gasteiger partial charge is 0.481 e. The first-order valence-electron chi connectivity index (χ1n) is 11.1. The lowest BCUT2D eigenvalue weighted by Crippen LogP contribution is -2.65. The van der Waals surface area contributed by atoms with Crippen LogP contribution in [-0.4, -0.2) is 94.7 Å². The van der Waals surface area contributed by atoms with E-state index in [2.05, 4.69) is 14.9 Å². The molecule has 33 heavy (non-hydrogen) atoms. The van der Waals surface area contributed by atoms with Crippen molar-refractivity contribution < 1.29 is 23.5 Å². The Kier molecular flexibility index (Phi) is 6.38. The number of carbonyl (C=O) groups excluding carboxylic acids is 2. The Balaban J connectivity index is 1.44. The highest BCUT2D eigenvalue weighted by Gasteiger charge is 2.39. The number of ether oxygens (including phenoxy) is 2. The summed E-state index contributed by atoms with van der Waals surface area (Å²) in [6.45, 7) is 8.34. The molecule has 9 nitrogen and oxygen atoms in total. The van der Waals surface area contributed by atoms with E-state index in [-0.39, 0.29) is 18.5 Å². The van der Waals surface area contributed by atoms with E-state index >= 15 is 0 Å². The number of amides is 2. The third kappa shape index (κ3) is 5.16. The van der Waals surface area contributed by atoms with Gasteiger partial charge in [-0.2, -0.15) is 0 Å². The van der Waals surface area contributed by atoms with Gasteiger partial charge in [-0.15, -0.1) is 0 Å². The van der Waals surface area contributed by atoms with Crippen molar-refractivity contribution in [2.24, 2.45) is 0 Å². The molecule has 4 heterocycles. The summed E-state index contributed by atoms with van der Waals surface area (Å²) in [5, 5.41) is 0. The number of nitrogens with zero attached hydrogens (tertiary/aromatic N) is 5. The number of fused-ring (bicyclic) bond motifs is 2. The highest BCUT2D eigenvalue weighted by molar-refractivity contribution is 5.84. The van der Waals surface area contributed by atoms with E-state index in [1.807, 2.05) is 4.90 Å². The van der Waals surface area contributed by atoms with Gasteiger partial charge in [-0.05, 0) is 33.3 Å². The smallest absolute Gasteiger partial charge is 0.410 e. The van der Waals surface area contributed by atoms with E-state index in [1.54, 1.807) is 32.9 Å². The Morgan fingerprint density at radius 2 is 2.03 bits per heavy atom. The van der Waals surface area contributed by atoms with E-state index in [9.17, 15) is 14.0 Å². The maximum absolute atomic E-state index is 14.6. The minimum absolute atomic E-state index is 0.0349. The summed E-state index contributed by atoms with van der Waals surface area (Å²) in [7, 11) is 1.52. The zero-order valence-electron chi connectivity index (χ0n) is 19.5. The molecule has 0 aliphatic carbocycles. The summed E-state index contributed by atoms with van der Waals surface area (Å²) >= 11 is 0. The minimum Gasteiger partial charge on any atom is -0.481 e. The Labute approximate surface area is 192 Å². The van der Waals surface area contributed by atoms with E-state index < -0.39 is 17.5 Å². The number of methoxy groups -OCH3 is 1. The topological polar surface area (TPSA) is 88.1 Å². The van der Waals surface area contributed by atoms with Crippen LogP contribution in [0, 0.1) is 5.82 Å². The molecule has 0 aromatic carbocycles. The van der Waals surface area contributed by atoms with E-state index in [0.717, 1.165) is 0 Å². The van der Waals surface area contributed by atoms with E-state index in [1.165, 1.54) is 18.2 Å². The molecule has 2 aromatic rings. The van der Waals surface area contributed by atoms with Gasteiger partial charge in [-0.3, -0.25) is 19.6 Å². The van der Waals surface area contributed by atoms with Crippen LogP contribution in [0.2, 0.25) is 0 Å². The maximum atomic E-state index is 14.6. The van der Waals surface area contributed by atoms with Crippen molar-refractivity contribution in [3.05, 3.63) is 29.7 Å². The highest BCUT2D eigenvalue weighted by Crippen LogP contribution is 2.23. The molecule has 0 bridgehead atoms. The van der Waals surface area contributed by atoms with Gasteiger partial charge in [-0.25, -0.2) is 14.2 Å². The van der Waals surface area contributed by atoms with Crippen molar-refractivity contribution in [2.45, 2.75) is 38.8 Å². The van der Waals surface area contributed by atoms with Crippen molar-refractivity contribution in [1.29, 1.82) is 0 Å². The molecule has 0 saturated carbocycles. The molecule has 2 amide bonds. The third-order valence-electron chi connectivity index (χ3n) is 5.92. The fraction of sp³-hybridized carbons (Fsp3) is 0.565. The average molecular weight is 460 g/mol. The fourth-order valence-electron chi connectivity index (χ4n) is 4.34. The van der Waals surface area contributed by atoms with Crippen molar-refractivity contribution >= 4 is 23.0 Å². The van der Waals surface area contributed by atoms with Crippen molar-refractivity contribution in [1.82, 2.24) is 24.7 Å². The molecule has 2 aliphatic heterocycles. The van der Waals surface area contributed by atoms with Crippen LogP contribution >= 0.6 is 0 Å². The lowest BCUT2D eigenvalue weighted by molar-refractivity contribution is -0.143. The monoisotopic (exact) mass is 459 g/mol. The van der Waals surface area contributed by atoms with E-state index in [0.29, 0.717) is 61.6 Å². The molecule has 1 atom stereocenters. The normalized spacial score (nSPS) is 19.5. The van der Waals surface area contributed by atoms with Gasteiger partial charge in [0.25, 0.3) is 0 Å². The highest BCUT2D eigenvalue weighted by atomic mass is 19.1. The summed E-state index contributed by atoms with van der Waals surface area (Å²) < 4.78 is 25.3. The number of piperazine rings is 2. The minimum atomic E-state index is -0.621. The molecule has 0 N–H and O–H groups in total.